The van der Waals surface area contributed by atoms with E-state index < -0.39 is 0 Å². The number of nitrogens with one attached hydrogen (secondary N) is 1. The van der Waals surface area contributed by atoms with Gasteiger partial charge in [0.2, 0.25) is 5.91 Å². The highest BCUT2D eigenvalue weighted by Crippen LogP contribution is 2.19. The van der Waals surface area contributed by atoms with Crippen LogP contribution in [0, 0.1) is 5.92 Å². The molecule has 1 aliphatic heterocycles. The molecule has 3 rings (SSSR count). The van der Waals surface area contributed by atoms with Crippen LogP contribution in [0.15, 0.2) is 47.3 Å². The van der Waals surface area contributed by atoms with Crippen LogP contribution in [0.1, 0.15) is 39.1 Å². The normalized spacial score (nSPS) is 16.5. The van der Waals surface area contributed by atoms with Crippen molar-refractivity contribution in [1.82, 2.24) is 10.2 Å². The second-order valence-corrected chi connectivity index (χ2v) is 6.84. The molecule has 2 heterocycles. The van der Waals surface area contributed by atoms with Crippen LogP contribution in [-0.4, -0.2) is 49.4 Å². The lowest BCUT2D eigenvalue weighted by molar-refractivity contribution is -0.126. The van der Waals surface area contributed by atoms with E-state index in [-0.39, 0.29) is 23.7 Å². The summed E-state index contributed by atoms with van der Waals surface area (Å²) in [6.45, 7) is 1.53. The summed E-state index contributed by atoms with van der Waals surface area (Å²) in [6.07, 6.45) is 5.06. The van der Waals surface area contributed by atoms with Gasteiger partial charge in [0.25, 0.3) is 5.91 Å². The first-order valence-corrected chi connectivity index (χ1v) is 9.35. The topological polar surface area (TPSA) is 88.9 Å². The Morgan fingerprint density at radius 3 is 2.86 bits per heavy atom. The number of likely N-dealkylation sites (tertiary alicyclic amines) is 1. The van der Waals surface area contributed by atoms with Crippen LogP contribution in [0.5, 0.6) is 0 Å². The zero-order valence-electron chi connectivity index (χ0n) is 15.8. The summed E-state index contributed by atoms with van der Waals surface area (Å²) in [5.41, 5.74) is 1.95. The number of nitrogens with zero attached hydrogens (tertiary/aromatic N) is 1. The Morgan fingerprint density at radius 1 is 1.25 bits per heavy atom. The summed E-state index contributed by atoms with van der Waals surface area (Å²) in [5.74, 6) is -0.749. The number of hydrogen-bond donors (Lipinski definition) is 1. The molecule has 1 saturated heterocycles. The zero-order chi connectivity index (χ0) is 19.9. The minimum Gasteiger partial charge on any atom is -0.472 e. The predicted molar refractivity (Wildman–Crippen MR) is 102 cm³/mol. The largest absolute Gasteiger partial charge is 0.472 e. The van der Waals surface area contributed by atoms with Crippen LogP contribution in [-0.2, 0) is 16.0 Å². The van der Waals surface area contributed by atoms with Gasteiger partial charge in [-0.05, 0) is 43.0 Å². The van der Waals surface area contributed by atoms with Gasteiger partial charge in [0, 0.05) is 19.6 Å². The molecule has 0 spiro atoms. The zero-order valence-corrected chi connectivity index (χ0v) is 15.8. The van der Waals surface area contributed by atoms with Gasteiger partial charge in [-0.25, -0.2) is 4.79 Å². The highest BCUT2D eigenvalue weighted by atomic mass is 16.5. The molecule has 0 bridgehead atoms. The third kappa shape index (κ3) is 4.79. The summed E-state index contributed by atoms with van der Waals surface area (Å²) in [4.78, 5) is 38.3. The molecule has 7 heteroatoms. The fourth-order valence-electron chi connectivity index (χ4n) is 3.39. The van der Waals surface area contributed by atoms with Gasteiger partial charge in [-0.1, -0.05) is 12.1 Å². The number of furan rings is 1. The number of rotatable bonds is 6. The van der Waals surface area contributed by atoms with Crippen molar-refractivity contribution in [1.29, 1.82) is 0 Å². The summed E-state index contributed by atoms with van der Waals surface area (Å²) in [6, 6.07) is 8.80. The average molecular weight is 384 g/mol. The highest BCUT2D eigenvalue weighted by Gasteiger charge is 2.29. The Morgan fingerprint density at radius 2 is 2.11 bits per heavy atom. The van der Waals surface area contributed by atoms with Gasteiger partial charge in [-0.15, -0.1) is 0 Å². The Hall–Kier alpha value is -3.09. The van der Waals surface area contributed by atoms with Crippen molar-refractivity contribution in [3.05, 3.63) is 59.5 Å². The Balaban J connectivity index is 1.49. The number of esters is 1. The maximum Gasteiger partial charge on any atom is 0.337 e. The van der Waals surface area contributed by atoms with E-state index in [1.165, 1.54) is 19.6 Å². The highest BCUT2D eigenvalue weighted by molar-refractivity contribution is 5.94. The molecule has 0 radical (unpaired) electrons. The Labute approximate surface area is 163 Å². The average Bonchev–Trinajstić information content (AvgIpc) is 3.27. The van der Waals surface area contributed by atoms with Crippen LogP contribution >= 0.6 is 0 Å². The molecule has 1 atom stereocenters. The second-order valence-electron chi connectivity index (χ2n) is 6.84. The van der Waals surface area contributed by atoms with E-state index in [4.69, 9.17) is 9.15 Å². The fourth-order valence-corrected chi connectivity index (χ4v) is 3.39. The molecule has 1 aromatic heterocycles. The summed E-state index contributed by atoms with van der Waals surface area (Å²) in [7, 11) is 1.35. The lowest BCUT2D eigenvalue weighted by atomic mass is 9.96. The maximum absolute atomic E-state index is 12.5. The van der Waals surface area contributed by atoms with Crippen molar-refractivity contribution in [3.63, 3.8) is 0 Å². The van der Waals surface area contributed by atoms with Gasteiger partial charge >= 0.3 is 5.97 Å². The number of methoxy groups -OCH3 is 1. The lowest BCUT2D eigenvalue weighted by Gasteiger charge is -2.31. The van der Waals surface area contributed by atoms with E-state index in [2.05, 4.69) is 5.32 Å². The SMILES string of the molecule is COC(=O)c1cccc(CCNC(=O)C2CCCN(C(=O)c3ccoc3)C2)c1. The number of amides is 2. The Kier molecular flexibility index (Phi) is 6.47. The number of carbonyl (C=O) groups is 3. The van der Waals surface area contributed by atoms with Gasteiger partial charge in [0.1, 0.15) is 6.26 Å². The fraction of sp³-hybridized carbons (Fsp3) is 0.381. The van der Waals surface area contributed by atoms with E-state index in [0.717, 1.165) is 18.4 Å². The predicted octanol–water partition coefficient (Wildman–Crippen LogP) is 2.28. The van der Waals surface area contributed by atoms with Gasteiger partial charge < -0.3 is 19.4 Å². The first-order valence-electron chi connectivity index (χ1n) is 9.35. The minimum atomic E-state index is -0.379. The van der Waals surface area contributed by atoms with E-state index in [1.54, 1.807) is 29.2 Å². The first kappa shape index (κ1) is 19.7. The smallest absolute Gasteiger partial charge is 0.337 e. The molecule has 1 fully saturated rings. The molecule has 0 aliphatic carbocycles. The molecule has 1 aliphatic rings. The van der Waals surface area contributed by atoms with E-state index in [1.807, 2.05) is 6.07 Å². The van der Waals surface area contributed by atoms with E-state index >= 15 is 0 Å². The van der Waals surface area contributed by atoms with Crippen molar-refractivity contribution in [2.24, 2.45) is 5.92 Å². The summed E-state index contributed by atoms with van der Waals surface area (Å²) in [5, 5.41) is 2.95. The lowest BCUT2D eigenvalue weighted by Crippen LogP contribution is -2.45. The third-order valence-corrected chi connectivity index (χ3v) is 4.91. The number of ether oxygens (including phenoxy) is 1. The molecule has 28 heavy (non-hydrogen) atoms. The van der Waals surface area contributed by atoms with Crippen LogP contribution < -0.4 is 5.32 Å². The monoisotopic (exact) mass is 384 g/mol. The van der Waals surface area contributed by atoms with Gasteiger partial charge in [0.05, 0.1) is 30.4 Å². The molecule has 1 N–H and O–H groups in total. The van der Waals surface area contributed by atoms with Crippen molar-refractivity contribution in [2.75, 3.05) is 26.7 Å². The van der Waals surface area contributed by atoms with Crippen LogP contribution in [0.2, 0.25) is 0 Å². The second kappa shape index (κ2) is 9.21. The van der Waals surface area contributed by atoms with Crippen LogP contribution in [0.3, 0.4) is 0 Å². The number of benzene rings is 1. The maximum atomic E-state index is 12.5. The van der Waals surface area contributed by atoms with Crippen LogP contribution in [0.25, 0.3) is 0 Å². The Bertz CT molecular complexity index is 831. The van der Waals surface area contributed by atoms with Crippen molar-refractivity contribution in [2.45, 2.75) is 19.3 Å². The van der Waals surface area contributed by atoms with Gasteiger partial charge in [-0.3, -0.25) is 9.59 Å². The molecule has 1 unspecified atom stereocenters. The first-order chi connectivity index (χ1) is 13.6. The summed E-state index contributed by atoms with van der Waals surface area (Å²) >= 11 is 0. The quantitative estimate of drug-likeness (QED) is 0.772. The molecular weight excluding hydrogens is 360 g/mol. The van der Waals surface area contributed by atoms with Crippen molar-refractivity contribution in [3.8, 4) is 0 Å². The third-order valence-electron chi connectivity index (χ3n) is 4.91. The molecular formula is C21H24N2O5. The number of hydrogen-bond acceptors (Lipinski definition) is 5. The minimum absolute atomic E-state index is 0.0474. The molecule has 0 saturated carbocycles. The standard InChI is InChI=1S/C21H24N2O5/c1-27-21(26)16-5-2-4-15(12-16)7-9-22-19(24)17-6-3-10-23(13-17)20(25)18-8-11-28-14-18/h2,4-5,8,11-12,14,17H,3,6-7,9-10,13H2,1H3,(H,22,24). The van der Waals surface area contributed by atoms with Gasteiger partial charge in [0.15, 0.2) is 0 Å². The molecule has 2 aromatic rings. The van der Waals surface area contributed by atoms with Crippen LogP contribution in [0.4, 0.5) is 0 Å². The van der Waals surface area contributed by atoms with E-state index in [0.29, 0.717) is 37.2 Å². The van der Waals surface area contributed by atoms with E-state index in [9.17, 15) is 14.4 Å². The van der Waals surface area contributed by atoms with Crippen molar-refractivity contribution >= 4 is 17.8 Å². The summed E-state index contributed by atoms with van der Waals surface area (Å²) < 4.78 is 9.69. The molecule has 2 amide bonds. The molecule has 7 nitrogen and oxygen atoms in total. The van der Waals surface area contributed by atoms with Gasteiger partial charge in [-0.2, -0.15) is 0 Å². The number of piperidine rings is 1. The number of carbonyl (C=O) groups excluding carboxylic acids is 3. The molecule has 1 aromatic carbocycles. The van der Waals surface area contributed by atoms with Crippen molar-refractivity contribution < 1.29 is 23.5 Å². The molecule has 148 valence electrons.